The third-order valence-corrected chi connectivity index (χ3v) is 4.56. The number of ether oxygens (including phenoxy) is 3. The van der Waals surface area contributed by atoms with E-state index in [0.717, 1.165) is 0 Å². The molecule has 8 heteroatoms. The first-order valence-corrected chi connectivity index (χ1v) is 9.58. The van der Waals surface area contributed by atoms with Crippen LogP contribution in [-0.4, -0.2) is 50.7 Å². The molecule has 2 amide bonds. The minimum atomic E-state index is -0.907. The summed E-state index contributed by atoms with van der Waals surface area (Å²) in [6.45, 7) is 8.99. The van der Waals surface area contributed by atoms with E-state index in [9.17, 15) is 14.4 Å². The number of nitrogens with one attached hydrogen (secondary N) is 2. The Balaban J connectivity index is 2.79. The van der Waals surface area contributed by atoms with Gasteiger partial charge in [-0.25, -0.2) is 4.79 Å². The van der Waals surface area contributed by atoms with E-state index in [2.05, 4.69) is 10.6 Å². The highest BCUT2D eigenvalue weighted by Crippen LogP contribution is 2.22. The maximum Gasteiger partial charge on any atom is 0.329 e. The van der Waals surface area contributed by atoms with Crippen molar-refractivity contribution in [3.05, 3.63) is 23.8 Å². The number of methoxy groups -OCH3 is 2. The number of esters is 1. The first kappa shape index (κ1) is 24.3. The molecule has 0 radical (unpaired) electrons. The molecule has 0 saturated carbocycles. The molecule has 162 valence electrons. The topological polar surface area (TPSA) is 103 Å². The van der Waals surface area contributed by atoms with Crippen LogP contribution in [0.15, 0.2) is 18.2 Å². The molecule has 0 aliphatic rings. The maximum absolute atomic E-state index is 12.6. The first-order valence-electron chi connectivity index (χ1n) is 9.58. The molecule has 0 bridgehead atoms. The summed E-state index contributed by atoms with van der Waals surface area (Å²) in [5, 5.41) is 5.43. The van der Waals surface area contributed by atoms with Crippen molar-refractivity contribution in [1.29, 1.82) is 0 Å². The van der Waals surface area contributed by atoms with Crippen molar-refractivity contribution in [3.63, 3.8) is 0 Å². The third-order valence-electron chi connectivity index (χ3n) is 4.56. The molecular formula is C21H32N2O6. The number of hydrogen-bond acceptors (Lipinski definition) is 6. The minimum Gasteiger partial charge on any atom is -0.497 e. The summed E-state index contributed by atoms with van der Waals surface area (Å²) >= 11 is 0. The molecule has 0 spiro atoms. The molecule has 2 atom stereocenters. The van der Waals surface area contributed by atoms with Crippen LogP contribution in [0.2, 0.25) is 0 Å². The Morgan fingerprint density at radius 1 is 0.862 bits per heavy atom. The fourth-order valence-corrected chi connectivity index (χ4v) is 2.35. The van der Waals surface area contributed by atoms with Crippen LogP contribution in [0.3, 0.4) is 0 Å². The highest BCUT2D eigenvalue weighted by molar-refractivity contribution is 5.97. The zero-order valence-electron chi connectivity index (χ0n) is 18.2. The second-order valence-corrected chi connectivity index (χ2v) is 7.50. The van der Waals surface area contributed by atoms with Crippen molar-refractivity contribution >= 4 is 17.8 Å². The normalized spacial score (nSPS) is 12.9. The smallest absolute Gasteiger partial charge is 0.329 e. The number of amides is 2. The van der Waals surface area contributed by atoms with Gasteiger partial charge in [0.2, 0.25) is 0 Å². The quantitative estimate of drug-likeness (QED) is 0.575. The lowest BCUT2D eigenvalue weighted by Crippen LogP contribution is -2.46. The Hall–Kier alpha value is -2.77. The molecule has 0 saturated heterocycles. The van der Waals surface area contributed by atoms with Gasteiger partial charge in [-0.1, -0.05) is 27.7 Å². The van der Waals surface area contributed by atoms with Gasteiger partial charge in [0.25, 0.3) is 11.8 Å². The molecule has 1 aromatic rings. The van der Waals surface area contributed by atoms with E-state index >= 15 is 0 Å². The van der Waals surface area contributed by atoms with Crippen LogP contribution in [0.1, 0.15) is 45.0 Å². The van der Waals surface area contributed by atoms with E-state index in [0.29, 0.717) is 11.5 Å². The van der Waals surface area contributed by atoms with Crippen LogP contribution in [0.4, 0.5) is 0 Å². The molecule has 0 aliphatic carbocycles. The van der Waals surface area contributed by atoms with Crippen molar-refractivity contribution in [3.8, 4) is 11.5 Å². The summed E-state index contributed by atoms with van der Waals surface area (Å²) in [6.07, 6.45) is 0. The van der Waals surface area contributed by atoms with Gasteiger partial charge in [0.15, 0.2) is 6.61 Å². The Labute approximate surface area is 172 Å². The number of carbonyl (C=O) groups excluding carboxylic acids is 3. The minimum absolute atomic E-state index is 0.0372. The second-order valence-electron chi connectivity index (χ2n) is 7.50. The summed E-state index contributed by atoms with van der Waals surface area (Å²) in [6, 6.07) is 3.78. The van der Waals surface area contributed by atoms with Gasteiger partial charge in [0.05, 0.1) is 14.2 Å². The van der Waals surface area contributed by atoms with Gasteiger partial charge in [-0.05, 0) is 30.9 Å². The molecule has 0 aliphatic heterocycles. The van der Waals surface area contributed by atoms with Crippen LogP contribution in [0.25, 0.3) is 0 Å². The van der Waals surface area contributed by atoms with Gasteiger partial charge in [-0.2, -0.15) is 0 Å². The fraction of sp³-hybridized carbons (Fsp3) is 0.571. The molecular weight excluding hydrogens is 376 g/mol. The Morgan fingerprint density at radius 3 is 1.86 bits per heavy atom. The molecule has 0 aromatic heterocycles. The molecule has 2 N–H and O–H groups in total. The lowest BCUT2D eigenvalue weighted by atomic mass is 10.0. The van der Waals surface area contributed by atoms with Gasteiger partial charge < -0.3 is 24.8 Å². The SMILES string of the molecule is COc1cc(OC)cc(C(=O)N[C@H](C(=O)OCC(=O)NC(C)C(C)C)C(C)C)c1. The zero-order valence-corrected chi connectivity index (χ0v) is 18.2. The van der Waals surface area contributed by atoms with Crippen molar-refractivity contribution < 1.29 is 28.6 Å². The zero-order chi connectivity index (χ0) is 22.1. The molecule has 1 aromatic carbocycles. The third kappa shape index (κ3) is 7.63. The molecule has 8 nitrogen and oxygen atoms in total. The van der Waals surface area contributed by atoms with Gasteiger partial charge >= 0.3 is 5.97 Å². The molecule has 1 unspecified atom stereocenters. The van der Waals surface area contributed by atoms with Crippen molar-refractivity contribution in [2.24, 2.45) is 11.8 Å². The Bertz CT molecular complexity index is 695. The largest absolute Gasteiger partial charge is 0.497 e. The van der Waals surface area contributed by atoms with Crippen LogP contribution in [-0.2, 0) is 14.3 Å². The molecule has 0 heterocycles. The number of benzene rings is 1. The predicted octanol–water partition coefficient (Wildman–Crippen LogP) is 2.16. The van der Waals surface area contributed by atoms with E-state index < -0.39 is 24.5 Å². The van der Waals surface area contributed by atoms with Gasteiger partial charge in [0.1, 0.15) is 17.5 Å². The average Bonchev–Trinajstić information content (AvgIpc) is 2.68. The molecule has 29 heavy (non-hydrogen) atoms. The van der Waals surface area contributed by atoms with Crippen molar-refractivity contribution in [2.75, 3.05) is 20.8 Å². The number of carbonyl (C=O) groups is 3. The van der Waals surface area contributed by atoms with Crippen LogP contribution >= 0.6 is 0 Å². The van der Waals surface area contributed by atoms with E-state index in [1.54, 1.807) is 32.0 Å². The monoisotopic (exact) mass is 408 g/mol. The Morgan fingerprint density at radius 2 is 1.41 bits per heavy atom. The molecule has 1 rings (SSSR count). The highest BCUT2D eigenvalue weighted by atomic mass is 16.5. The van der Waals surface area contributed by atoms with Crippen LogP contribution < -0.4 is 20.1 Å². The summed E-state index contributed by atoms with van der Waals surface area (Å²) in [5.41, 5.74) is 0.281. The van der Waals surface area contributed by atoms with Crippen LogP contribution in [0, 0.1) is 11.8 Å². The number of rotatable bonds is 10. The Kier molecular flexibility index (Phi) is 9.44. The maximum atomic E-state index is 12.6. The first-order chi connectivity index (χ1) is 13.6. The predicted molar refractivity (Wildman–Crippen MR) is 109 cm³/mol. The lowest BCUT2D eigenvalue weighted by molar-refractivity contribution is -0.151. The van der Waals surface area contributed by atoms with Crippen molar-refractivity contribution in [1.82, 2.24) is 10.6 Å². The highest BCUT2D eigenvalue weighted by Gasteiger charge is 2.27. The second kappa shape index (κ2) is 11.3. The van der Waals surface area contributed by atoms with Crippen molar-refractivity contribution in [2.45, 2.75) is 46.7 Å². The summed E-state index contributed by atoms with van der Waals surface area (Å²) < 4.78 is 15.4. The van der Waals surface area contributed by atoms with E-state index in [1.807, 2.05) is 20.8 Å². The number of hydrogen-bond donors (Lipinski definition) is 2. The van der Waals surface area contributed by atoms with Crippen LogP contribution in [0.5, 0.6) is 11.5 Å². The fourth-order valence-electron chi connectivity index (χ4n) is 2.35. The summed E-state index contributed by atoms with van der Waals surface area (Å²) in [4.78, 5) is 37.0. The van der Waals surface area contributed by atoms with E-state index in [1.165, 1.54) is 14.2 Å². The van der Waals surface area contributed by atoms with E-state index in [4.69, 9.17) is 14.2 Å². The molecule has 0 fully saturated rings. The average molecular weight is 408 g/mol. The summed E-state index contributed by atoms with van der Waals surface area (Å²) in [5.74, 6) is -0.603. The van der Waals surface area contributed by atoms with Gasteiger partial charge in [-0.3, -0.25) is 9.59 Å². The van der Waals surface area contributed by atoms with E-state index in [-0.39, 0.29) is 29.3 Å². The van der Waals surface area contributed by atoms with Gasteiger partial charge in [-0.15, -0.1) is 0 Å². The lowest BCUT2D eigenvalue weighted by Gasteiger charge is -2.22. The standard InChI is InChI=1S/C21H32N2O6/c1-12(2)14(5)22-18(24)11-29-21(26)19(13(3)4)23-20(25)15-8-16(27-6)10-17(9-15)28-7/h8-10,12-14,19H,11H2,1-7H3,(H,22,24)(H,23,25)/t14?,19-/m0/s1. The van der Waals surface area contributed by atoms with Gasteiger partial charge in [0, 0.05) is 17.7 Å². The summed E-state index contributed by atoms with van der Waals surface area (Å²) in [7, 11) is 2.96.